The molecule has 6 nitrogen and oxygen atoms in total. The van der Waals surface area contributed by atoms with E-state index in [1.807, 2.05) is 0 Å². The molecule has 0 aromatic rings. The van der Waals surface area contributed by atoms with Gasteiger partial charge in [0.05, 0.1) is 6.54 Å². The van der Waals surface area contributed by atoms with E-state index < -0.39 is 18.1 Å². The second-order valence-corrected chi connectivity index (χ2v) is 1.40. The summed E-state index contributed by atoms with van der Waals surface area (Å²) in [5, 5.41) is 14.7. The first-order chi connectivity index (χ1) is 5.21. The number of rotatable bonds is 1. The van der Waals surface area contributed by atoms with Gasteiger partial charge in [-0.3, -0.25) is 4.79 Å². The van der Waals surface area contributed by atoms with Crippen LogP contribution in [0.25, 0.3) is 0 Å². The molecule has 0 aromatic heterocycles. The standard InChI is InChI=1S/C2HF3O2.C2H5NO2.H3N/c3-2(4,5)1(6)7;3-1-2(4)5;/h(H,6,7);1,3H2,(H,4,5);1H3. The summed E-state index contributed by atoms with van der Waals surface area (Å²) in [5.74, 6) is -3.72. The highest BCUT2D eigenvalue weighted by Gasteiger charge is 2.38. The number of hydrogen-bond donors (Lipinski definition) is 4. The van der Waals surface area contributed by atoms with Crippen molar-refractivity contribution < 1.29 is 33.0 Å². The number of carboxylic acids is 2. The van der Waals surface area contributed by atoms with E-state index in [9.17, 15) is 18.0 Å². The SMILES string of the molecule is N.NCC(=O)O.O=C(O)C(F)(F)F. The van der Waals surface area contributed by atoms with E-state index in [1.165, 1.54) is 0 Å². The number of nitrogens with two attached hydrogens (primary N) is 1. The highest BCUT2D eigenvalue weighted by molar-refractivity contribution is 5.73. The molecule has 0 atom stereocenters. The molecule has 0 aromatic carbocycles. The molecule has 80 valence electrons. The summed E-state index contributed by atoms with van der Waals surface area (Å²) in [6.45, 7) is -0.278. The number of carbonyl (C=O) groups is 2. The molecule has 0 fully saturated rings. The van der Waals surface area contributed by atoms with E-state index >= 15 is 0 Å². The Morgan fingerprint density at radius 2 is 1.38 bits per heavy atom. The zero-order chi connectivity index (χ0) is 10.4. The van der Waals surface area contributed by atoms with E-state index in [1.54, 1.807) is 0 Å². The van der Waals surface area contributed by atoms with Gasteiger partial charge in [0.15, 0.2) is 0 Å². The van der Waals surface area contributed by atoms with Gasteiger partial charge in [0.2, 0.25) is 0 Å². The summed E-state index contributed by atoms with van der Waals surface area (Å²) < 4.78 is 31.7. The van der Waals surface area contributed by atoms with Crippen LogP contribution in [-0.2, 0) is 9.59 Å². The Morgan fingerprint density at radius 1 is 1.23 bits per heavy atom. The lowest BCUT2D eigenvalue weighted by molar-refractivity contribution is -0.192. The smallest absolute Gasteiger partial charge is 0.480 e. The summed E-state index contributed by atoms with van der Waals surface area (Å²) in [5.41, 5.74) is 4.57. The van der Waals surface area contributed by atoms with Crippen molar-refractivity contribution in [3.63, 3.8) is 0 Å². The van der Waals surface area contributed by atoms with Crippen molar-refractivity contribution >= 4 is 11.9 Å². The molecule has 0 heterocycles. The Hall–Kier alpha value is -1.35. The molecule has 0 radical (unpaired) electrons. The van der Waals surface area contributed by atoms with Crippen LogP contribution in [0.5, 0.6) is 0 Å². The highest BCUT2D eigenvalue weighted by atomic mass is 19.4. The molecular formula is C4H9F3N2O4. The van der Waals surface area contributed by atoms with Crippen LogP contribution in [0.3, 0.4) is 0 Å². The van der Waals surface area contributed by atoms with Gasteiger partial charge < -0.3 is 22.1 Å². The number of alkyl halides is 3. The van der Waals surface area contributed by atoms with Gasteiger partial charge in [0, 0.05) is 0 Å². The average molecular weight is 206 g/mol. The lowest BCUT2D eigenvalue weighted by Crippen LogP contribution is -2.21. The van der Waals surface area contributed by atoms with Gasteiger partial charge >= 0.3 is 18.1 Å². The quantitative estimate of drug-likeness (QED) is 0.470. The minimum Gasteiger partial charge on any atom is -0.480 e. The molecule has 0 amide bonds. The summed E-state index contributed by atoms with van der Waals surface area (Å²) >= 11 is 0. The maximum Gasteiger partial charge on any atom is 0.490 e. The minimum absolute atomic E-state index is 0. The summed E-state index contributed by atoms with van der Waals surface area (Å²) in [4.78, 5) is 18.1. The lowest BCUT2D eigenvalue weighted by Gasteiger charge is -1.93. The zero-order valence-electron chi connectivity index (χ0n) is 6.34. The fraction of sp³-hybridized carbons (Fsp3) is 0.500. The van der Waals surface area contributed by atoms with E-state index in [0.717, 1.165) is 0 Å². The normalized spacial score (nSPS) is 8.92. The van der Waals surface area contributed by atoms with Crippen molar-refractivity contribution in [2.75, 3.05) is 6.54 Å². The van der Waals surface area contributed by atoms with Crippen molar-refractivity contribution in [2.45, 2.75) is 6.18 Å². The van der Waals surface area contributed by atoms with Gasteiger partial charge in [-0.2, -0.15) is 13.2 Å². The summed E-state index contributed by atoms with van der Waals surface area (Å²) in [6, 6.07) is 0. The first kappa shape index (κ1) is 17.7. The first-order valence-electron chi connectivity index (χ1n) is 2.43. The largest absolute Gasteiger partial charge is 0.490 e. The third-order valence-electron chi connectivity index (χ3n) is 0.417. The lowest BCUT2D eigenvalue weighted by atomic mass is 10.7. The van der Waals surface area contributed by atoms with E-state index in [0.29, 0.717) is 0 Å². The Kier molecular flexibility index (Phi) is 9.93. The van der Waals surface area contributed by atoms with Gasteiger partial charge in [-0.05, 0) is 0 Å². The monoisotopic (exact) mass is 206 g/mol. The molecule has 0 aliphatic carbocycles. The van der Waals surface area contributed by atoms with Crippen LogP contribution < -0.4 is 11.9 Å². The number of hydrogen-bond acceptors (Lipinski definition) is 4. The molecule has 13 heavy (non-hydrogen) atoms. The Bertz CT molecular complexity index is 169. The van der Waals surface area contributed by atoms with Crippen molar-refractivity contribution in [3.8, 4) is 0 Å². The van der Waals surface area contributed by atoms with E-state index in [-0.39, 0.29) is 12.7 Å². The first-order valence-corrected chi connectivity index (χ1v) is 2.43. The van der Waals surface area contributed by atoms with Gasteiger partial charge in [-0.1, -0.05) is 0 Å². The molecule has 0 bridgehead atoms. The third kappa shape index (κ3) is 18.0. The fourth-order valence-electron chi connectivity index (χ4n) is 0. The molecule has 0 spiro atoms. The molecule has 0 aliphatic rings. The molecule has 0 aliphatic heterocycles. The van der Waals surface area contributed by atoms with Gasteiger partial charge in [0.25, 0.3) is 0 Å². The third-order valence-corrected chi connectivity index (χ3v) is 0.417. The van der Waals surface area contributed by atoms with Crippen LogP contribution in [0, 0.1) is 0 Å². The van der Waals surface area contributed by atoms with Crippen molar-refractivity contribution in [2.24, 2.45) is 5.73 Å². The van der Waals surface area contributed by atoms with Crippen LogP contribution in [0.2, 0.25) is 0 Å². The van der Waals surface area contributed by atoms with Crippen LogP contribution in [-0.4, -0.2) is 34.9 Å². The molecule has 0 saturated heterocycles. The average Bonchev–Trinajstić information content (AvgIpc) is 1.87. The minimum atomic E-state index is -5.08. The molecule has 9 heteroatoms. The van der Waals surface area contributed by atoms with Crippen molar-refractivity contribution in [3.05, 3.63) is 0 Å². The topological polar surface area (TPSA) is 136 Å². The zero-order valence-corrected chi connectivity index (χ0v) is 6.34. The van der Waals surface area contributed by atoms with Gasteiger partial charge in [-0.15, -0.1) is 0 Å². The predicted octanol–water partition coefficient (Wildman–Crippen LogP) is -0.175. The van der Waals surface area contributed by atoms with Crippen LogP contribution in [0.15, 0.2) is 0 Å². The van der Waals surface area contributed by atoms with Crippen molar-refractivity contribution in [1.82, 2.24) is 6.15 Å². The molecule has 7 N–H and O–H groups in total. The summed E-state index contributed by atoms with van der Waals surface area (Å²) in [6.07, 6.45) is -5.08. The molecular weight excluding hydrogens is 197 g/mol. The maximum atomic E-state index is 10.6. The number of aliphatic carboxylic acids is 2. The number of halogens is 3. The van der Waals surface area contributed by atoms with Crippen LogP contribution in [0.4, 0.5) is 13.2 Å². The Balaban J connectivity index is -0.000000150. The number of carboxylic acid groups (broad SMARTS) is 2. The molecule has 0 unspecified atom stereocenters. The maximum absolute atomic E-state index is 10.6. The molecule has 0 rings (SSSR count). The highest BCUT2D eigenvalue weighted by Crippen LogP contribution is 2.13. The second-order valence-electron chi connectivity index (χ2n) is 1.40. The van der Waals surface area contributed by atoms with Gasteiger partial charge in [-0.25, -0.2) is 4.79 Å². The fourth-order valence-corrected chi connectivity index (χ4v) is 0. The van der Waals surface area contributed by atoms with E-state index in [4.69, 9.17) is 15.0 Å². The van der Waals surface area contributed by atoms with Crippen LogP contribution in [0.1, 0.15) is 0 Å². The van der Waals surface area contributed by atoms with Crippen molar-refractivity contribution in [1.29, 1.82) is 0 Å². The van der Waals surface area contributed by atoms with Crippen LogP contribution >= 0.6 is 0 Å². The Morgan fingerprint density at radius 3 is 1.38 bits per heavy atom. The Labute approximate surface area is 70.7 Å². The molecule has 0 saturated carbocycles. The second kappa shape index (κ2) is 7.31. The predicted molar refractivity (Wildman–Crippen MR) is 35.4 cm³/mol. The summed E-state index contributed by atoms with van der Waals surface area (Å²) in [7, 11) is 0. The van der Waals surface area contributed by atoms with Gasteiger partial charge in [0.1, 0.15) is 0 Å². The van der Waals surface area contributed by atoms with E-state index in [2.05, 4.69) is 5.73 Å².